The minimum absolute atomic E-state index is 0.0392. The first-order valence-electron chi connectivity index (χ1n) is 9.37. The number of para-hydroxylation sites is 1. The van der Waals surface area contributed by atoms with Gasteiger partial charge in [0.15, 0.2) is 6.61 Å². The van der Waals surface area contributed by atoms with E-state index in [0.29, 0.717) is 24.4 Å². The maximum absolute atomic E-state index is 12.6. The summed E-state index contributed by atoms with van der Waals surface area (Å²) in [6, 6.07) is 8.95. The van der Waals surface area contributed by atoms with Gasteiger partial charge in [-0.15, -0.1) is 0 Å². The predicted octanol–water partition coefficient (Wildman–Crippen LogP) is 2.19. The van der Waals surface area contributed by atoms with Crippen molar-refractivity contribution in [3.63, 3.8) is 0 Å². The van der Waals surface area contributed by atoms with Crippen LogP contribution in [-0.2, 0) is 9.59 Å². The first kappa shape index (κ1) is 18.2. The smallest absolute Gasteiger partial charge is 0.260 e. The van der Waals surface area contributed by atoms with E-state index < -0.39 is 0 Å². The molecule has 0 spiro atoms. The van der Waals surface area contributed by atoms with Crippen molar-refractivity contribution in [2.75, 3.05) is 32.8 Å². The number of hydrogen-bond acceptors (Lipinski definition) is 4. The van der Waals surface area contributed by atoms with Gasteiger partial charge in [0.2, 0.25) is 5.91 Å². The molecule has 6 heteroatoms. The lowest BCUT2D eigenvalue weighted by Crippen LogP contribution is -2.46. The van der Waals surface area contributed by atoms with E-state index in [1.165, 1.54) is 6.42 Å². The summed E-state index contributed by atoms with van der Waals surface area (Å²) in [5, 5.41) is 9.06. The number of rotatable bonds is 4. The lowest BCUT2D eigenvalue weighted by Gasteiger charge is -2.35. The third kappa shape index (κ3) is 4.34. The molecule has 26 heavy (non-hydrogen) atoms. The molecule has 6 nitrogen and oxygen atoms in total. The predicted molar refractivity (Wildman–Crippen MR) is 96.4 cm³/mol. The van der Waals surface area contributed by atoms with Crippen LogP contribution in [0, 0.1) is 17.2 Å². The molecule has 138 valence electrons. The molecule has 0 saturated carbocycles. The molecule has 0 bridgehead atoms. The lowest BCUT2D eigenvalue weighted by atomic mass is 9.94. The minimum Gasteiger partial charge on any atom is -0.482 e. The van der Waals surface area contributed by atoms with E-state index in [9.17, 15) is 9.59 Å². The highest BCUT2D eigenvalue weighted by atomic mass is 16.5. The van der Waals surface area contributed by atoms with Crippen LogP contribution >= 0.6 is 0 Å². The van der Waals surface area contributed by atoms with E-state index in [4.69, 9.17) is 10.00 Å². The number of piperidine rings is 2. The molecule has 3 rings (SSSR count). The second-order valence-electron chi connectivity index (χ2n) is 6.94. The zero-order chi connectivity index (χ0) is 18.4. The summed E-state index contributed by atoms with van der Waals surface area (Å²) in [5.74, 6) is 0.633. The zero-order valence-electron chi connectivity index (χ0n) is 15.0. The monoisotopic (exact) mass is 355 g/mol. The molecule has 0 radical (unpaired) electrons. The Labute approximate surface area is 154 Å². The molecule has 2 aliphatic heterocycles. The molecule has 2 amide bonds. The number of likely N-dealkylation sites (tertiary alicyclic amines) is 2. The number of carbonyl (C=O) groups excluding carboxylic acids is 2. The van der Waals surface area contributed by atoms with Crippen LogP contribution < -0.4 is 4.74 Å². The first-order chi connectivity index (χ1) is 12.7. The summed E-state index contributed by atoms with van der Waals surface area (Å²) in [4.78, 5) is 28.7. The van der Waals surface area contributed by atoms with Crippen LogP contribution in [0.25, 0.3) is 0 Å². The normalized spacial score (nSPS) is 18.3. The highest BCUT2D eigenvalue weighted by molar-refractivity contribution is 5.80. The van der Waals surface area contributed by atoms with Crippen LogP contribution in [0.1, 0.15) is 37.7 Å². The van der Waals surface area contributed by atoms with Gasteiger partial charge >= 0.3 is 0 Å². The summed E-state index contributed by atoms with van der Waals surface area (Å²) in [7, 11) is 0. The van der Waals surface area contributed by atoms with Crippen LogP contribution in [0.4, 0.5) is 0 Å². The van der Waals surface area contributed by atoms with Crippen LogP contribution in [0.5, 0.6) is 5.75 Å². The molecule has 2 fully saturated rings. The maximum atomic E-state index is 12.6. The lowest BCUT2D eigenvalue weighted by molar-refractivity contribution is -0.142. The Bertz CT molecular complexity index is 684. The Balaban J connectivity index is 1.46. The van der Waals surface area contributed by atoms with Gasteiger partial charge in [0.1, 0.15) is 11.8 Å². The SMILES string of the molecule is N#Cc1ccccc1OCC(=O)N1CCC(C(=O)N2CCCCC2)CC1. The largest absolute Gasteiger partial charge is 0.482 e. The highest BCUT2D eigenvalue weighted by Crippen LogP contribution is 2.22. The third-order valence-electron chi connectivity index (χ3n) is 5.22. The van der Waals surface area contributed by atoms with E-state index in [1.807, 2.05) is 4.90 Å². The number of carbonyl (C=O) groups is 2. The molecule has 0 atom stereocenters. The standard InChI is InChI=1S/C20H25N3O3/c21-14-17-6-2-3-7-18(17)26-15-19(24)22-12-8-16(9-13-22)20(25)23-10-4-1-5-11-23/h2-3,6-7,16H,1,4-5,8-13,15H2. The third-order valence-corrected chi connectivity index (χ3v) is 5.22. The number of nitriles is 1. The Morgan fingerprint density at radius 2 is 1.73 bits per heavy atom. The van der Waals surface area contributed by atoms with Gasteiger partial charge in [0, 0.05) is 32.1 Å². The van der Waals surface area contributed by atoms with E-state index in [0.717, 1.165) is 38.8 Å². The fraction of sp³-hybridized carbons (Fsp3) is 0.550. The fourth-order valence-corrected chi connectivity index (χ4v) is 3.66. The Kier molecular flexibility index (Phi) is 6.11. The summed E-state index contributed by atoms with van der Waals surface area (Å²) in [6.07, 6.45) is 4.85. The molecule has 0 N–H and O–H groups in total. The molecule has 1 aromatic rings. The van der Waals surface area contributed by atoms with Gasteiger partial charge in [-0.05, 0) is 44.2 Å². The summed E-state index contributed by atoms with van der Waals surface area (Å²) < 4.78 is 5.52. The Hall–Kier alpha value is -2.55. The quantitative estimate of drug-likeness (QED) is 0.830. The van der Waals surface area contributed by atoms with Crippen molar-refractivity contribution in [1.82, 2.24) is 9.80 Å². The average molecular weight is 355 g/mol. The van der Waals surface area contributed by atoms with Gasteiger partial charge in [0.05, 0.1) is 5.56 Å². The van der Waals surface area contributed by atoms with Gasteiger partial charge in [-0.25, -0.2) is 0 Å². The topological polar surface area (TPSA) is 73.6 Å². The molecule has 2 aliphatic rings. The summed E-state index contributed by atoms with van der Waals surface area (Å²) in [6.45, 7) is 2.86. The average Bonchev–Trinajstić information content (AvgIpc) is 2.72. The van der Waals surface area contributed by atoms with Crippen molar-refractivity contribution < 1.29 is 14.3 Å². The molecule has 2 heterocycles. The Morgan fingerprint density at radius 1 is 1.04 bits per heavy atom. The van der Waals surface area contributed by atoms with E-state index in [1.54, 1.807) is 29.2 Å². The Morgan fingerprint density at radius 3 is 2.42 bits per heavy atom. The number of ether oxygens (including phenoxy) is 1. The molecular weight excluding hydrogens is 330 g/mol. The van der Waals surface area contributed by atoms with Crippen LogP contribution in [-0.4, -0.2) is 54.4 Å². The first-order valence-corrected chi connectivity index (χ1v) is 9.37. The van der Waals surface area contributed by atoms with Crippen LogP contribution in [0.2, 0.25) is 0 Å². The van der Waals surface area contributed by atoms with Crippen LogP contribution in [0.15, 0.2) is 24.3 Å². The van der Waals surface area contributed by atoms with Gasteiger partial charge in [-0.1, -0.05) is 12.1 Å². The second-order valence-corrected chi connectivity index (χ2v) is 6.94. The van der Waals surface area contributed by atoms with Crippen molar-refractivity contribution in [2.24, 2.45) is 5.92 Å². The van der Waals surface area contributed by atoms with E-state index >= 15 is 0 Å². The second kappa shape index (κ2) is 8.70. The number of amides is 2. The van der Waals surface area contributed by atoms with Crippen molar-refractivity contribution >= 4 is 11.8 Å². The summed E-state index contributed by atoms with van der Waals surface area (Å²) >= 11 is 0. The molecule has 0 aromatic heterocycles. The van der Waals surface area contributed by atoms with Crippen LogP contribution in [0.3, 0.4) is 0 Å². The van der Waals surface area contributed by atoms with E-state index in [-0.39, 0.29) is 24.3 Å². The fourth-order valence-electron chi connectivity index (χ4n) is 3.66. The highest BCUT2D eigenvalue weighted by Gasteiger charge is 2.30. The van der Waals surface area contributed by atoms with Crippen molar-refractivity contribution in [3.05, 3.63) is 29.8 Å². The van der Waals surface area contributed by atoms with Gasteiger partial charge < -0.3 is 14.5 Å². The molecular formula is C20H25N3O3. The van der Waals surface area contributed by atoms with Gasteiger partial charge in [0.25, 0.3) is 5.91 Å². The van der Waals surface area contributed by atoms with Gasteiger partial charge in [-0.2, -0.15) is 5.26 Å². The minimum atomic E-state index is -0.0957. The van der Waals surface area contributed by atoms with E-state index in [2.05, 4.69) is 6.07 Å². The molecule has 0 unspecified atom stereocenters. The number of benzene rings is 1. The van der Waals surface area contributed by atoms with Crippen molar-refractivity contribution in [1.29, 1.82) is 5.26 Å². The molecule has 1 aromatic carbocycles. The summed E-state index contributed by atoms with van der Waals surface area (Å²) in [5.41, 5.74) is 0.422. The zero-order valence-corrected chi connectivity index (χ0v) is 15.0. The van der Waals surface area contributed by atoms with Crippen molar-refractivity contribution in [3.8, 4) is 11.8 Å². The molecule has 2 saturated heterocycles. The number of nitrogens with zero attached hydrogens (tertiary/aromatic N) is 3. The van der Waals surface area contributed by atoms with Gasteiger partial charge in [-0.3, -0.25) is 9.59 Å². The van der Waals surface area contributed by atoms with Crippen molar-refractivity contribution in [2.45, 2.75) is 32.1 Å². The maximum Gasteiger partial charge on any atom is 0.260 e. The molecule has 0 aliphatic carbocycles. The number of hydrogen-bond donors (Lipinski definition) is 0.